The van der Waals surface area contributed by atoms with Crippen LogP contribution in [0.5, 0.6) is 0 Å². The zero-order valence-electron chi connectivity index (χ0n) is 15.4. The number of amides is 2. The van der Waals surface area contributed by atoms with Gasteiger partial charge in [0, 0.05) is 19.6 Å². The second kappa shape index (κ2) is 7.02. The van der Waals surface area contributed by atoms with Crippen LogP contribution in [0.4, 0.5) is 21.9 Å². The molecule has 2 aromatic rings. The summed E-state index contributed by atoms with van der Waals surface area (Å²) in [6.07, 6.45) is -0.525. The number of hydrogen-bond donors (Lipinski definition) is 1. The Bertz CT molecular complexity index is 885. The largest absolute Gasteiger partial charge is 0.438 e. The lowest BCUT2D eigenvalue weighted by atomic mass is 10.1. The highest BCUT2D eigenvalue weighted by Crippen LogP contribution is 2.38. The van der Waals surface area contributed by atoms with Crippen LogP contribution in [0.2, 0.25) is 0 Å². The molecule has 2 heterocycles. The molecule has 1 N–H and O–H groups in total. The van der Waals surface area contributed by atoms with Crippen molar-refractivity contribution in [3.05, 3.63) is 54.1 Å². The molecule has 1 atom stereocenters. The van der Waals surface area contributed by atoms with Gasteiger partial charge in [0.25, 0.3) is 5.91 Å². The number of hydrogen-bond acceptors (Lipinski definition) is 5. The van der Waals surface area contributed by atoms with Crippen LogP contribution < -0.4 is 10.2 Å². The maximum absolute atomic E-state index is 13.2. The van der Waals surface area contributed by atoms with Crippen molar-refractivity contribution in [3.63, 3.8) is 0 Å². The van der Waals surface area contributed by atoms with E-state index in [4.69, 9.17) is 4.84 Å². The van der Waals surface area contributed by atoms with Gasteiger partial charge in [-0.1, -0.05) is 24.3 Å². The molecule has 7 nitrogen and oxygen atoms in total. The minimum Gasteiger partial charge on any atom is -0.350 e. The average Bonchev–Trinajstić information content (AvgIpc) is 2.78. The molecular weight excluding hydrogens is 344 g/mol. The van der Waals surface area contributed by atoms with E-state index in [1.165, 1.54) is 4.90 Å². The maximum atomic E-state index is 13.2. The molecule has 2 aromatic carbocycles. The summed E-state index contributed by atoms with van der Waals surface area (Å²) in [5.74, 6) is -0.249. The molecule has 2 aliphatic rings. The number of nitrogens with zero attached hydrogens (tertiary/aromatic N) is 3. The Morgan fingerprint density at radius 2 is 1.78 bits per heavy atom. The van der Waals surface area contributed by atoms with Crippen molar-refractivity contribution >= 4 is 29.1 Å². The first-order chi connectivity index (χ1) is 13.0. The molecule has 1 saturated heterocycles. The van der Waals surface area contributed by atoms with Gasteiger partial charge in [-0.3, -0.25) is 4.79 Å². The minimum absolute atomic E-state index is 0.0879. The third-order valence-corrected chi connectivity index (χ3v) is 4.93. The van der Waals surface area contributed by atoms with E-state index in [1.54, 1.807) is 41.5 Å². The predicted octanol–water partition coefficient (Wildman–Crippen LogP) is 3.08. The summed E-state index contributed by atoms with van der Waals surface area (Å²) in [7, 11) is 2.05. The molecule has 140 valence electrons. The molecule has 2 amide bonds. The maximum Gasteiger partial charge on any atom is 0.438 e. The standard InChI is InChI=1S/C20H22N4O3/c1-14-13-22(2)11-12-23(14)27-20(26)24-17-9-5-3-7-15(17)19(25)21-16-8-4-6-10-18(16)24/h3-10,14H,11-13H2,1-2H3,(H,21,25). The van der Waals surface area contributed by atoms with Crippen molar-refractivity contribution in [2.24, 2.45) is 0 Å². The highest BCUT2D eigenvalue weighted by atomic mass is 16.7. The zero-order valence-corrected chi connectivity index (χ0v) is 15.4. The van der Waals surface area contributed by atoms with Crippen LogP contribution in [0.1, 0.15) is 17.3 Å². The number of anilines is 3. The molecule has 7 heteroatoms. The second-order valence-corrected chi connectivity index (χ2v) is 6.93. The number of likely N-dealkylation sites (N-methyl/N-ethyl adjacent to an activating group) is 1. The highest BCUT2D eigenvalue weighted by molar-refractivity contribution is 6.16. The number of hydroxylamine groups is 2. The van der Waals surface area contributed by atoms with E-state index in [9.17, 15) is 9.59 Å². The van der Waals surface area contributed by atoms with Gasteiger partial charge in [-0.2, -0.15) is 0 Å². The molecule has 0 aliphatic carbocycles. The van der Waals surface area contributed by atoms with Crippen molar-refractivity contribution in [1.82, 2.24) is 9.96 Å². The molecule has 2 aliphatic heterocycles. The highest BCUT2D eigenvalue weighted by Gasteiger charge is 2.33. The van der Waals surface area contributed by atoms with E-state index in [0.717, 1.165) is 13.1 Å². The number of carbonyl (C=O) groups excluding carboxylic acids is 2. The van der Waals surface area contributed by atoms with E-state index in [1.807, 2.05) is 26.1 Å². The lowest BCUT2D eigenvalue weighted by Crippen LogP contribution is -2.51. The number of piperazine rings is 1. The van der Waals surface area contributed by atoms with Gasteiger partial charge in [0.2, 0.25) is 0 Å². The molecule has 1 unspecified atom stereocenters. The Morgan fingerprint density at radius 1 is 1.07 bits per heavy atom. The Hall–Kier alpha value is -2.90. The summed E-state index contributed by atoms with van der Waals surface area (Å²) >= 11 is 0. The topological polar surface area (TPSA) is 65.1 Å². The van der Waals surface area contributed by atoms with Crippen LogP contribution in [0.15, 0.2) is 48.5 Å². The molecule has 4 rings (SSSR count). The third kappa shape index (κ3) is 3.27. The van der Waals surface area contributed by atoms with Crippen molar-refractivity contribution in [3.8, 4) is 0 Å². The molecule has 0 bridgehead atoms. The number of benzene rings is 2. The molecule has 0 radical (unpaired) electrons. The first-order valence-corrected chi connectivity index (χ1v) is 9.01. The van der Waals surface area contributed by atoms with E-state index in [-0.39, 0.29) is 11.9 Å². The monoisotopic (exact) mass is 366 g/mol. The lowest BCUT2D eigenvalue weighted by molar-refractivity contribution is -0.147. The number of para-hydroxylation sites is 3. The zero-order chi connectivity index (χ0) is 19.0. The van der Waals surface area contributed by atoms with Gasteiger partial charge in [0.15, 0.2) is 0 Å². The van der Waals surface area contributed by atoms with Crippen molar-refractivity contribution in [2.75, 3.05) is 36.9 Å². The summed E-state index contributed by atoms with van der Waals surface area (Å²) in [6, 6.07) is 14.4. The number of rotatable bonds is 1. The molecule has 0 saturated carbocycles. The smallest absolute Gasteiger partial charge is 0.350 e. The Labute approximate surface area is 158 Å². The van der Waals surface area contributed by atoms with Crippen LogP contribution in [0.3, 0.4) is 0 Å². The van der Waals surface area contributed by atoms with Crippen LogP contribution in [-0.2, 0) is 4.84 Å². The molecular formula is C20H22N4O3. The number of carbonyl (C=O) groups is 2. The molecule has 0 spiro atoms. The van der Waals surface area contributed by atoms with Crippen molar-refractivity contribution in [1.29, 1.82) is 0 Å². The van der Waals surface area contributed by atoms with Gasteiger partial charge < -0.3 is 15.1 Å². The second-order valence-electron chi connectivity index (χ2n) is 6.93. The summed E-state index contributed by atoms with van der Waals surface area (Å²) < 4.78 is 0. The van der Waals surface area contributed by atoms with Gasteiger partial charge in [-0.25, -0.2) is 9.69 Å². The van der Waals surface area contributed by atoms with E-state index in [2.05, 4.69) is 10.2 Å². The van der Waals surface area contributed by atoms with Gasteiger partial charge in [0.05, 0.1) is 28.7 Å². The Kier molecular flexibility index (Phi) is 4.55. The van der Waals surface area contributed by atoms with Gasteiger partial charge >= 0.3 is 6.09 Å². The van der Waals surface area contributed by atoms with E-state index < -0.39 is 6.09 Å². The Morgan fingerprint density at radius 3 is 2.56 bits per heavy atom. The lowest BCUT2D eigenvalue weighted by Gasteiger charge is -2.37. The summed E-state index contributed by atoms with van der Waals surface area (Å²) in [5.41, 5.74) is 2.09. The number of fused-ring (bicyclic) bond motifs is 2. The molecule has 1 fully saturated rings. The fourth-order valence-electron chi connectivity index (χ4n) is 3.55. The van der Waals surface area contributed by atoms with Crippen LogP contribution in [0.25, 0.3) is 0 Å². The van der Waals surface area contributed by atoms with Crippen LogP contribution in [-0.4, -0.2) is 54.7 Å². The van der Waals surface area contributed by atoms with Gasteiger partial charge in [-0.05, 0) is 38.2 Å². The average molecular weight is 366 g/mol. The first kappa shape index (κ1) is 17.5. The normalized spacial score (nSPS) is 20.3. The van der Waals surface area contributed by atoms with Crippen molar-refractivity contribution in [2.45, 2.75) is 13.0 Å². The quantitative estimate of drug-likeness (QED) is 0.840. The third-order valence-electron chi connectivity index (χ3n) is 4.93. The van der Waals surface area contributed by atoms with Gasteiger partial charge in [0.1, 0.15) is 0 Å². The fourth-order valence-corrected chi connectivity index (χ4v) is 3.55. The first-order valence-electron chi connectivity index (χ1n) is 9.01. The van der Waals surface area contributed by atoms with Crippen LogP contribution in [0, 0.1) is 0 Å². The van der Waals surface area contributed by atoms with E-state index in [0.29, 0.717) is 29.2 Å². The van der Waals surface area contributed by atoms with Gasteiger partial charge in [-0.15, -0.1) is 5.06 Å². The summed E-state index contributed by atoms with van der Waals surface area (Å²) in [5, 5.41) is 4.59. The SMILES string of the molecule is CC1CN(C)CCN1OC(=O)N1c2ccccc2NC(=O)c2ccccc21. The Balaban J connectivity index is 1.71. The van der Waals surface area contributed by atoms with Crippen LogP contribution >= 0.6 is 0 Å². The number of nitrogens with one attached hydrogen (secondary N) is 1. The fraction of sp³-hybridized carbons (Fsp3) is 0.300. The summed E-state index contributed by atoms with van der Waals surface area (Å²) in [4.78, 5) is 35.2. The minimum atomic E-state index is -0.525. The van der Waals surface area contributed by atoms with Crippen molar-refractivity contribution < 1.29 is 14.4 Å². The molecule has 27 heavy (non-hydrogen) atoms. The molecule has 0 aromatic heterocycles. The summed E-state index contributed by atoms with van der Waals surface area (Å²) in [6.45, 7) is 4.31. The predicted molar refractivity (Wildman–Crippen MR) is 103 cm³/mol. The van der Waals surface area contributed by atoms with E-state index >= 15 is 0 Å².